The van der Waals surface area contributed by atoms with E-state index in [0.717, 1.165) is 6.07 Å². The van der Waals surface area contributed by atoms with E-state index in [4.69, 9.17) is 4.89 Å². The quantitative estimate of drug-likeness (QED) is 0.475. The van der Waals surface area contributed by atoms with Crippen LogP contribution < -0.4 is 0 Å². The fraction of sp³-hybridized carbons (Fsp3) is 0.400. The largest absolute Gasteiger partial charge is 0.446 e. The van der Waals surface area contributed by atoms with Crippen LogP contribution in [-0.4, -0.2) is 25.2 Å². The second-order valence-electron chi connectivity index (χ2n) is 3.76. The van der Waals surface area contributed by atoms with Crippen molar-refractivity contribution in [2.45, 2.75) is 28.6 Å². The lowest BCUT2D eigenvalue weighted by molar-refractivity contribution is -0.0329. The highest BCUT2D eigenvalue weighted by Gasteiger charge is 2.34. The van der Waals surface area contributed by atoms with Crippen LogP contribution in [0.25, 0.3) is 0 Å². The lowest BCUT2D eigenvalue weighted by atomic mass is 10.2. The maximum absolute atomic E-state index is 12.5. The van der Waals surface area contributed by atoms with Crippen molar-refractivity contribution in [3.8, 4) is 0 Å². The Morgan fingerprint density at radius 3 is 2.48 bits per heavy atom. The molecule has 11 heteroatoms. The van der Waals surface area contributed by atoms with E-state index < -0.39 is 51.6 Å². The molecule has 0 fully saturated rings. The molecule has 0 aliphatic carbocycles. The van der Waals surface area contributed by atoms with Crippen molar-refractivity contribution in [1.29, 1.82) is 0 Å². The molecule has 0 aliphatic heterocycles. The molecule has 5 nitrogen and oxygen atoms in total. The molecule has 21 heavy (non-hydrogen) atoms. The van der Waals surface area contributed by atoms with E-state index in [2.05, 4.69) is 4.18 Å². The van der Waals surface area contributed by atoms with E-state index in [1.807, 2.05) is 0 Å². The monoisotopic (exact) mass is 364 g/mol. The average molecular weight is 364 g/mol. The minimum atomic E-state index is -4.67. The zero-order valence-corrected chi connectivity index (χ0v) is 13.3. The Kier molecular flexibility index (Phi) is 6.30. The summed E-state index contributed by atoms with van der Waals surface area (Å²) in [5, 5.41) is 0. The maximum Gasteiger partial charge on any atom is 0.446 e. The predicted molar refractivity (Wildman–Crippen MR) is 72.1 cm³/mol. The van der Waals surface area contributed by atoms with Crippen molar-refractivity contribution >= 4 is 29.9 Å². The zero-order chi connectivity index (χ0) is 16.3. The highest BCUT2D eigenvalue weighted by atomic mass is 32.2. The van der Waals surface area contributed by atoms with Crippen molar-refractivity contribution < 1.29 is 35.2 Å². The van der Waals surface area contributed by atoms with Gasteiger partial charge in [0.15, 0.2) is 0 Å². The first-order chi connectivity index (χ1) is 9.57. The summed E-state index contributed by atoms with van der Waals surface area (Å²) in [5.74, 6) is 0. The zero-order valence-electron chi connectivity index (χ0n) is 10.7. The Hall–Kier alpha value is -0.540. The van der Waals surface area contributed by atoms with Crippen molar-refractivity contribution in [3.05, 3.63) is 23.8 Å². The lowest BCUT2D eigenvalue weighted by Gasteiger charge is -2.14. The standard InChI is InChI=1S/C10H12F3O5PS2/c1-2-7-4-3-5-8(20-10(11,12)13)9(7)21(16,17)18-6-19(14)15/h3-5,19H,2,6H2,1H3,(H,14,15). The number of alkyl halides is 3. The van der Waals surface area contributed by atoms with Crippen LogP contribution in [0.2, 0.25) is 0 Å². The molecule has 0 bridgehead atoms. The van der Waals surface area contributed by atoms with Gasteiger partial charge in [-0.1, -0.05) is 19.1 Å². The minimum Gasteiger partial charge on any atom is -0.345 e. The molecule has 0 heterocycles. The second-order valence-corrected chi connectivity index (χ2v) is 7.49. The Bertz CT molecular complexity index is 630. The molecule has 0 saturated carbocycles. The Balaban J connectivity index is 3.33. The third kappa shape index (κ3) is 5.63. The number of halogens is 3. The molecule has 1 aromatic rings. The third-order valence-corrected chi connectivity index (χ3v) is 5.19. The molecule has 0 aliphatic rings. The highest BCUT2D eigenvalue weighted by molar-refractivity contribution is 8.00. The van der Waals surface area contributed by atoms with Gasteiger partial charge in [-0.25, -0.2) is 0 Å². The van der Waals surface area contributed by atoms with Crippen LogP contribution in [0.3, 0.4) is 0 Å². The highest BCUT2D eigenvalue weighted by Crippen LogP contribution is 2.41. The summed E-state index contributed by atoms with van der Waals surface area (Å²) in [6.45, 7) is 1.57. The summed E-state index contributed by atoms with van der Waals surface area (Å²) >= 11 is -0.573. The summed E-state index contributed by atoms with van der Waals surface area (Å²) in [6.07, 6.45) is -0.806. The van der Waals surface area contributed by atoms with E-state index in [1.54, 1.807) is 6.92 Å². The van der Waals surface area contributed by atoms with Gasteiger partial charge in [0.1, 0.15) is 11.2 Å². The van der Waals surface area contributed by atoms with E-state index in [1.165, 1.54) is 12.1 Å². The van der Waals surface area contributed by atoms with Gasteiger partial charge in [-0.2, -0.15) is 21.6 Å². The van der Waals surface area contributed by atoms with Crippen molar-refractivity contribution in [2.75, 3.05) is 6.35 Å². The maximum atomic E-state index is 12.5. The first kappa shape index (κ1) is 18.5. The van der Waals surface area contributed by atoms with E-state index in [9.17, 15) is 26.2 Å². The Morgan fingerprint density at radius 2 is 2.00 bits per heavy atom. The van der Waals surface area contributed by atoms with Gasteiger partial charge >= 0.3 is 5.51 Å². The molecule has 0 saturated heterocycles. The third-order valence-electron chi connectivity index (χ3n) is 2.25. The van der Waals surface area contributed by atoms with Crippen molar-refractivity contribution in [3.63, 3.8) is 0 Å². The normalized spacial score (nSPS) is 14.1. The molecular formula is C10H12F3O5PS2. The van der Waals surface area contributed by atoms with Crippen molar-refractivity contribution in [2.24, 2.45) is 0 Å². The number of rotatable bonds is 6. The van der Waals surface area contributed by atoms with Crippen LogP contribution in [0.5, 0.6) is 0 Å². The Morgan fingerprint density at radius 1 is 1.38 bits per heavy atom. The van der Waals surface area contributed by atoms with Gasteiger partial charge in [0.05, 0.1) is 0 Å². The molecule has 0 amide bonds. The molecule has 0 aromatic heterocycles. The molecular weight excluding hydrogens is 352 g/mol. The van der Waals surface area contributed by atoms with Gasteiger partial charge in [-0.05, 0) is 29.8 Å². The van der Waals surface area contributed by atoms with Crippen LogP contribution in [-0.2, 0) is 25.3 Å². The predicted octanol–water partition coefficient (Wildman–Crippen LogP) is 2.99. The summed E-state index contributed by atoms with van der Waals surface area (Å²) in [7, 11) is -7.78. The fourth-order valence-corrected chi connectivity index (χ4v) is 4.56. The SMILES string of the molecule is CCc1cccc(SC(F)(F)F)c1S(=O)(=O)OC[PH](=O)O. The minimum absolute atomic E-state index is 0.141. The van der Waals surface area contributed by atoms with Crippen LogP contribution in [0.1, 0.15) is 12.5 Å². The average Bonchev–Trinajstić information content (AvgIpc) is 2.34. The van der Waals surface area contributed by atoms with Gasteiger partial charge in [0.25, 0.3) is 10.1 Å². The number of hydrogen-bond donors (Lipinski definition) is 1. The van der Waals surface area contributed by atoms with E-state index in [0.29, 0.717) is 0 Å². The fourth-order valence-electron chi connectivity index (χ4n) is 1.52. The number of hydrogen-bond acceptors (Lipinski definition) is 5. The summed E-state index contributed by atoms with van der Waals surface area (Å²) in [4.78, 5) is 7.48. The molecule has 1 aromatic carbocycles. The first-order valence-electron chi connectivity index (χ1n) is 5.55. The molecule has 0 spiro atoms. The molecule has 1 rings (SSSR count). The van der Waals surface area contributed by atoms with Crippen LogP contribution in [0.15, 0.2) is 28.0 Å². The number of aryl methyl sites for hydroxylation is 1. The van der Waals surface area contributed by atoms with Gasteiger partial charge in [0.2, 0.25) is 8.03 Å². The summed E-state index contributed by atoms with van der Waals surface area (Å²) < 4.78 is 76.4. The van der Waals surface area contributed by atoms with Crippen LogP contribution in [0.4, 0.5) is 13.2 Å². The number of benzene rings is 1. The molecule has 0 radical (unpaired) electrons. The first-order valence-corrected chi connectivity index (χ1v) is 9.34. The van der Waals surface area contributed by atoms with Gasteiger partial charge in [-0.3, -0.25) is 8.75 Å². The number of thioether (sulfide) groups is 1. The van der Waals surface area contributed by atoms with Crippen molar-refractivity contribution in [1.82, 2.24) is 0 Å². The molecule has 1 atom stereocenters. The molecule has 1 unspecified atom stereocenters. The van der Waals surface area contributed by atoms with Gasteiger partial charge in [0, 0.05) is 4.90 Å². The topological polar surface area (TPSA) is 80.7 Å². The Labute approximate surface area is 124 Å². The van der Waals surface area contributed by atoms with Gasteiger partial charge in [-0.15, -0.1) is 0 Å². The second kappa shape index (κ2) is 7.15. The lowest BCUT2D eigenvalue weighted by Crippen LogP contribution is -2.12. The molecule has 1 N–H and O–H groups in total. The summed E-state index contributed by atoms with van der Waals surface area (Å²) in [6, 6.07) is 3.68. The van der Waals surface area contributed by atoms with E-state index in [-0.39, 0.29) is 12.0 Å². The van der Waals surface area contributed by atoms with Gasteiger partial charge < -0.3 is 4.89 Å². The van der Waals surface area contributed by atoms with E-state index >= 15 is 0 Å². The molecule has 120 valence electrons. The smallest absolute Gasteiger partial charge is 0.345 e. The van der Waals surface area contributed by atoms with Crippen LogP contribution in [0, 0.1) is 0 Å². The summed E-state index contributed by atoms with van der Waals surface area (Å²) in [5.41, 5.74) is -4.52. The van der Waals surface area contributed by atoms with Crippen LogP contribution >= 0.6 is 19.8 Å².